The van der Waals surface area contributed by atoms with Crippen molar-refractivity contribution in [2.24, 2.45) is 11.7 Å². The van der Waals surface area contributed by atoms with Crippen LogP contribution < -0.4 is 11.1 Å². The normalized spacial score (nSPS) is 23.7. The minimum Gasteiger partial charge on any atom is -0.382 e. The first-order chi connectivity index (χ1) is 9.26. The maximum absolute atomic E-state index is 5.89. The molecule has 1 heterocycles. The van der Waals surface area contributed by atoms with Crippen molar-refractivity contribution in [3.05, 3.63) is 24.0 Å². The number of aromatic nitrogens is 2. The van der Waals surface area contributed by atoms with Crippen LogP contribution in [0, 0.1) is 12.8 Å². The van der Waals surface area contributed by atoms with Gasteiger partial charge in [-0.3, -0.25) is 0 Å². The van der Waals surface area contributed by atoms with Crippen LogP contribution >= 0.6 is 0 Å². The number of imidazole rings is 1. The fourth-order valence-electron chi connectivity index (χ4n) is 3.12. The Morgan fingerprint density at radius 1 is 1.37 bits per heavy atom. The number of fused-ring (bicyclic) bond motifs is 1. The average Bonchev–Trinajstić information content (AvgIpc) is 2.79. The van der Waals surface area contributed by atoms with Gasteiger partial charge in [0.05, 0.1) is 11.0 Å². The van der Waals surface area contributed by atoms with Crippen molar-refractivity contribution in [2.45, 2.75) is 38.6 Å². The zero-order chi connectivity index (χ0) is 13.2. The van der Waals surface area contributed by atoms with Crippen molar-refractivity contribution >= 4 is 16.7 Å². The Kier molecular flexibility index (Phi) is 3.42. The monoisotopic (exact) mass is 258 g/mol. The number of H-pyrrole nitrogens is 1. The maximum atomic E-state index is 5.89. The van der Waals surface area contributed by atoms with E-state index in [1.165, 1.54) is 31.4 Å². The molecule has 0 saturated heterocycles. The highest BCUT2D eigenvalue weighted by atomic mass is 14.9. The number of benzene rings is 1. The van der Waals surface area contributed by atoms with Gasteiger partial charge in [0, 0.05) is 11.7 Å². The van der Waals surface area contributed by atoms with Crippen molar-refractivity contribution in [3.63, 3.8) is 0 Å². The second-order valence-electron chi connectivity index (χ2n) is 5.59. The van der Waals surface area contributed by atoms with Gasteiger partial charge in [0.2, 0.25) is 0 Å². The molecular weight excluding hydrogens is 236 g/mol. The molecule has 2 aromatic rings. The number of hydrogen-bond donors (Lipinski definition) is 3. The Morgan fingerprint density at radius 2 is 2.21 bits per heavy atom. The van der Waals surface area contributed by atoms with E-state index in [0.29, 0.717) is 12.0 Å². The van der Waals surface area contributed by atoms with Crippen LogP contribution in [0.3, 0.4) is 0 Å². The zero-order valence-corrected chi connectivity index (χ0v) is 11.4. The molecule has 19 heavy (non-hydrogen) atoms. The summed E-state index contributed by atoms with van der Waals surface area (Å²) >= 11 is 0. The first-order valence-electron chi connectivity index (χ1n) is 7.19. The molecule has 1 fully saturated rings. The van der Waals surface area contributed by atoms with E-state index in [0.717, 1.165) is 23.4 Å². The van der Waals surface area contributed by atoms with Gasteiger partial charge < -0.3 is 16.0 Å². The van der Waals surface area contributed by atoms with E-state index in [1.807, 2.05) is 6.92 Å². The minimum atomic E-state index is 0.514. The third kappa shape index (κ3) is 2.59. The third-order valence-corrected chi connectivity index (χ3v) is 4.16. The van der Waals surface area contributed by atoms with E-state index in [1.54, 1.807) is 0 Å². The van der Waals surface area contributed by atoms with E-state index in [4.69, 9.17) is 5.73 Å². The first-order valence-corrected chi connectivity index (χ1v) is 7.19. The Morgan fingerprint density at radius 3 is 3.05 bits per heavy atom. The fourth-order valence-corrected chi connectivity index (χ4v) is 3.12. The highest BCUT2D eigenvalue weighted by Gasteiger charge is 2.23. The summed E-state index contributed by atoms with van der Waals surface area (Å²) in [6.07, 6.45) is 5.10. The van der Waals surface area contributed by atoms with Crippen LogP contribution in [0.1, 0.15) is 31.5 Å². The first kappa shape index (κ1) is 12.5. The highest BCUT2D eigenvalue weighted by molar-refractivity contribution is 5.79. The number of anilines is 1. The van der Waals surface area contributed by atoms with E-state index < -0.39 is 0 Å². The summed E-state index contributed by atoms with van der Waals surface area (Å²) in [5, 5.41) is 3.66. The number of rotatable bonds is 3. The van der Waals surface area contributed by atoms with Crippen LogP contribution in [-0.2, 0) is 0 Å². The average molecular weight is 258 g/mol. The molecule has 102 valence electrons. The number of hydrogen-bond acceptors (Lipinski definition) is 3. The van der Waals surface area contributed by atoms with Gasteiger partial charge in [0.25, 0.3) is 0 Å². The summed E-state index contributed by atoms with van der Waals surface area (Å²) in [5.74, 6) is 1.57. The van der Waals surface area contributed by atoms with E-state index >= 15 is 0 Å². The molecule has 3 rings (SSSR count). The Hall–Kier alpha value is -1.55. The Bertz CT molecular complexity index is 560. The van der Waals surface area contributed by atoms with Crippen LogP contribution in [0.5, 0.6) is 0 Å². The molecule has 0 spiro atoms. The van der Waals surface area contributed by atoms with Crippen molar-refractivity contribution in [1.29, 1.82) is 0 Å². The van der Waals surface area contributed by atoms with Crippen molar-refractivity contribution in [3.8, 4) is 0 Å². The predicted octanol–water partition coefficient (Wildman–Crippen LogP) is 2.80. The molecule has 2 unspecified atom stereocenters. The SMILES string of the molecule is Cc1nc2ccc(NC3CCCCC3CN)cc2[nH]1. The highest BCUT2D eigenvalue weighted by Crippen LogP contribution is 2.27. The van der Waals surface area contributed by atoms with E-state index in [-0.39, 0.29) is 0 Å². The van der Waals surface area contributed by atoms with Gasteiger partial charge >= 0.3 is 0 Å². The van der Waals surface area contributed by atoms with E-state index in [2.05, 4.69) is 33.5 Å². The topological polar surface area (TPSA) is 66.7 Å². The molecule has 1 aliphatic rings. The summed E-state index contributed by atoms with van der Waals surface area (Å²) in [6.45, 7) is 2.77. The Labute approximate surface area is 113 Å². The van der Waals surface area contributed by atoms with E-state index in [9.17, 15) is 0 Å². The van der Waals surface area contributed by atoms with Gasteiger partial charge in [-0.2, -0.15) is 0 Å². The second-order valence-corrected chi connectivity index (χ2v) is 5.59. The molecule has 0 bridgehead atoms. The molecule has 4 nitrogen and oxygen atoms in total. The minimum absolute atomic E-state index is 0.514. The lowest BCUT2D eigenvalue weighted by Crippen LogP contribution is -2.36. The maximum Gasteiger partial charge on any atom is 0.104 e. The summed E-state index contributed by atoms with van der Waals surface area (Å²) in [7, 11) is 0. The van der Waals surface area contributed by atoms with Crippen LogP contribution in [-0.4, -0.2) is 22.6 Å². The molecule has 0 aliphatic heterocycles. The third-order valence-electron chi connectivity index (χ3n) is 4.16. The van der Waals surface area contributed by atoms with Gasteiger partial charge in [-0.05, 0) is 50.4 Å². The smallest absolute Gasteiger partial charge is 0.104 e. The van der Waals surface area contributed by atoms with Gasteiger partial charge in [0.15, 0.2) is 0 Å². The lowest BCUT2D eigenvalue weighted by Gasteiger charge is -2.32. The standard InChI is InChI=1S/C15H22N4/c1-10-17-14-7-6-12(8-15(14)18-10)19-13-5-3-2-4-11(13)9-16/h6-8,11,13,19H,2-5,9,16H2,1H3,(H,17,18). The Balaban J connectivity index is 1.79. The zero-order valence-electron chi connectivity index (χ0n) is 11.4. The van der Waals surface area contributed by atoms with Crippen LogP contribution in [0.15, 0.2) is 18.2 Å². The van der Waals surface area contributed by atoms with Gasteiger partial charge in [0.1, 0.15) is 5.82 Å². The lowest BCUT2D eigenvalue weighted by molar-refractivity contribution is 0.332. The lowest BCUT2D eigenvalue weighted by atomic mass is 9.84. The van der Waals surface area contributed by atoms with Gasteiger partial charge in [-0.1, -0.05) is 12.8 Å². The molecule has 0 radical (unpaired) electrons. The molecular formula is C15H22N4. The number of nitrogens with one attached hydrogen (secondary N) is 2. The predicted molar refractivity (Wildman–Crippen MR) is 79.3 cm³/mol. The number of aromatic amines is 1. The largest absolute Gasteiger partial charge is 0.382 e. The number of nitrogens with zero attached hydrogens (tertiary/aromatic N) is 1. The van der Waals surface area contributed by atoms with Crippen LogP contribution in [0.4, 0.5) is 5.69 Å². The summed E-state index contributed by atoms with van der Waals surface area (Å²) in [5.41, 5.74) is 9.18. The quantitative estimate of drug-likeness (QED) is 0.793. The number of nitrogens with two attached hydrogens (primary N) is 1. The summed E-state index contributed by atoms with van der Waals surface area (Å²) in [6, 6.07) is 6.85. The second kappa shape index (κ2) is 5.21. The summed E-state index contributed by atoms with van der Waals surface area (Å²) < 4.78 is 0. The summed E-state index contributed by atoms with van der Waals surface area (Å²) in [4.78, 5) is 7.71. The van der Waals surface area contributed by atoms with Crippen LogP contribution in [0.25, 0.3) is 11.0 Å². The molecule has 2 atom stereocenters. The van der Waals surface area contributed by atoms with Crippen molar-refractivity contribution in [1.82, 2.24) is 9.97 Å². The van der Waals surface area contributed by atoms with Gasteiger partial charge in [-0.25, -0.2) is 4.98 Å². The van der Waals surface area contributed by atoms with Crippen molar-refractivity contribution < 1.29 is 0 Å². The number of aryl methyl sites for hydroxylation is 1. The molecule has 1 aliphatic carbocycles. The molecule has 0 amide bonds. The fraction of sp³-hybridized carbons (Fsp3) is 0.533. The molecule has 1 saturated carbocycles. The molecule has 1 aromatic carbocycles. The van der Waals surface area contributed by atoms with Crippen LogP contribution in [0.2, 0.25) is 0 Å². The molecule has 4 heteroatoms. The molecule has 4 N–H and O–H groups in total. The molecule has 1 aromatic heterocycles. The van der Waals surface area contributed by atoms with Crippen molar-refractivity contribution in [2.75, 3.05) is 11.9 Å². The van der Waals surface area contributed by atoms with Gasteiger partial charge in [-0.15, -0.1) is 0 Å².